The van der Waals surface area contributed by atoms with Crippen molar-refractivity contribution in [1.29, 1.82) is 0 Å². The summed E-state index contributed by atoms with van der Waals surface area (Å²) >= 11 is 0. The fourth-order valence-electron chi connectivity index (χ4n) is 1.39. The van der Waals surface area contributed by atoms with Crippen LogP contribution in [0.3, 0.4) is 0 Å². The Balaban J connectivity index is 2.62. The Bertz CT molecular complexity index is 377. The van der Waals surface area contributed by atoms with Crippen molar-refractivity contribution in [2.24, 2.45) is 0 Å². The molecule has 0 aliphatic carbocycles. The number of benzene rings is 1. The van der Waals surface area contributed by atoms with Gasteiger partial charge in [-0.25, -0.2) is 0 Å². The SMILES string of the molecule is CCOC(=O)CNC(C(=O)O)c1ccccc1. The minimum atomic E-state index is -1.03. The number of esters is 1. The molecule has 92 valence electrons. The number of nitrogens with one attached hydrogen (secondary N) is 1. The number of carbonyl (C=O) groups is 2. The zero-order chi connectivity index (χ0) is 12.7. The lowest BCUT2D eigenvalue weighted by Gasteiger charge is -2.13. The summed E-state index contributed by atoms with van der Waals surface area (Å²) in [7, 11) is 0. The maximum Gasteiger partial charge on any atom is 0.325 e. The van der Waals surface area contributed by atoms with Gasteiger partial charge in [0.1, 0.15) is 6.04 Å². The number of carboxylic acid groups (broad SMARTS) is 1. The van der Waals surface area contributed by atoms with E-state index in [-0.39, 0.29) is 13.2 Å². The van der Waals surface area contributed by atoms with E-state index in [1.54, 1.807) is 37.3 Å². The molecular weight excluding hydrogens is 222 g/mol. The lowest BCUT2D eigenvalue weighted by atomic mass is 10.1. The van der Waals surface area contributed by atoms with Gasteiger partial charge in [-0.1, -0.05) is 30.3 Å². The number of rotatable bonds is 6. The molecule has 0 heterocycles. The minimum Gasteiger partial charge on any atom is -0.480 e. The van der Waals surface area contributed by atoms with E-state index in [9.17, 15) is 9.59 Å². The first kappa shape index (κ1) is 13.2. The molecule has 0 saturated carbocycles. The number of hydrogen-bond acceptors (Lipinski definition) is 4. The molecule has 1 aromatic carbocycles. The van der Waals surface area contributed by atoms with Crippen LogP contribution in [0.5, 0.6) is 0 Å². The van der Waals surface area contributed by atoms with Crippen molar-refractivity contribution in [1.82, 2.24) is 5.32 Å². The molecule has 5 heteroatoms. The van der Waals surface area contributed by atoms with Crippen LogP contribution >= 0.6 is 0 Å². The third kappa shape index (κ3) is 4.24. The van der Waals surface area contributed by atoms with Gasteiger partial charge in [0.15, 0.2) is 0 Å². The molecule has 5 nitrogen and oxygen atoms in total. The van der Waals surface area contributed by atoms with Gasteiger partial charge in [0, 0.05) is 0 Å². The first-order chi connectivity index (χ1) is 8.15. The molecule has 0 aliphatic rings. The summed E-state index contributed by atoms with van der Waals surface area (Å²) in [6.45, 7) is 1.85. The summed E-state index contributed by atoms with van der Waals surface area (Å²) in [5.41, 5.74) is 0.601. The molecule has 0 radical (unpaired) electrons. The molecule has 0 saturated heterocycles. The summed E-state index contributed by atoms with van der Waals surface area (Å²) in [5, 5.41) is 11.7. The van der Waals surface area contributed by atoms with Crippen LogP contribution in [-0.2, 0) is 14.3 Å². The Morgan fingerprint density at radius 2 is 2.00 bits per heavy atom. The fraction of sp³-hybridized carbons (Fsp3) is 0.333. The van der Waals surface area contributed by atoms with Gasteiger partial charge in [-0.3, -0.25) is 14.9 Å². The van der Waals surface area contributed by atoms with E-state index >= 15 is 0 Å². The Hall–Kier alpha value is -1.88. The smallest absolute Gasteiger partial charge is 0.325 e. The molecule has 1 unspecified atom stereocenters. The Morgan fingerprint density at radius 3 is 2.53 bits per heavy atom. The number of ether oxygens (including phenoxy) is 1. The number of aliphatic carboxylic acids is 1. The van der Waals surface area contributed by atoms with Crippen LogP contribution in [0.15, 0.2) is 30.3 Å². The van der Waals surface area contributed by atoms with Gasteiger partial charge in [-0.15, -0.1) is 0 Å². The highest BCUT2D eigenvalue weighted by Crippen LogP contribution is 2.12. The van der Waals surface area contributed by atoms with Gasteiger partial charge in [-0.2, -0.15) is 0 Å². The van der Waals surface area contributed by atoms with E-state index in [0.29, 0.717) is 5.56 Å². The Labute approximate surface area is 99.4 Å². The van der Waals surface area contributed by atoms with Crippen LogP contribution in [0.25, 0.3) is 0 Å². The molecule has 0 fully saturated rings. The molecule has 0 bridgehead atoms. The molecule has 0 amide bonds. The predicted molar refractivity (Wildman–Crippen MR) is 61.5 cm³/mol. The van der Waals surface area contributed by atoms with Gasteiger partial charge in [0.2, 0.25) is 0 Å². The Morgan fingerprint density at radius 1 is 1.35 bits per heavy atom. The van der Waals surface area contributed by atoms with Crippen molar-refractivity contribution in [3.8, 4) is 0 Å². The second kappa shape index (κ2) is 6.65. The monoisotopic (exact) mass is 237 g/mol. The van der Waals surface area contributed by atoms with Crippen molar-refractivity contribution in [3.05, 3.63) is 35.9 Å². The van der Waals surface area contributed by atoms with Crippen LogP contribution in [0.2, 0.25) is 0 Å². The lowest BCUT2D eigenvalue weighted by Crippen LogP contribution is -2.33. The van der Waals surface area contributed by atoms with Crippen molar-refractivity contribution < 1.29 is 19.4 Å². The summed E-state index contributed by atoms with van der Waals surface area (Å²) in [4.78, 5) is 22.2. The van der Waals surface area contributed by atoms with E-state index in [4.69, 9.17) is 9.84 Å². The topological polar surface area (TPSA) is 75.6 Å². The minimum absolute atomic E-state index is 0.125. The molecule has 2 N–H and O–H groups in total. The van der Waals surface area contributed by atoms with E-state index < -0.39 is 18.0 Å². The second-order valence-electron chi connectivity index (χ2n) is 3.37. The zero-order valence-electron chi connectivity index (χ0n) is 9.55. The first-order valence-corrected chi connectivity index (χ1v) is 5.32. The average molecular weight is 237 g/mol. The number of carboxylic acids is 1. The number of carbonyl (C=O) groups excluding carboxylic acids is 1. The summed E-state index contributed by atoms with van der Waals surface area (Å²) in [5.74, 6) is -1.49. The van der Waals surface area contributed by atoms with Gasteiger partial charge in [0.25, 0.3) is 0 Å². The van der Waals surface area contributed by atoms with E-state index in [1.807, 2.05) is 0 Å². The average Bonchev–Trinajstić information content (AvgIpc) is 2.30. The molecule has 1 rings (SSSR count). The molecule has 1 aromatic rings. The lowest BCUT2D eigenvalue weighted by molar-refractivity contribution is -0.143. The van der Waals surface area contributed by atoms with Crippen LogP contribution < -0.4 is 5.32 Å². The van der Waals surface area contributed by atoms with Crippen LogP contribution in [0, 0.1) is 0 Å². The van der Waals surface area contributed by atoms with Crippen LogP contribution in [0.4, 0.5) is 0 Å². The maximum atomic E-state index is 11.1. The third-order valence-corrected chi connectivity index (χ3v) is 2.14. The van der Waals surface area contributed by atoms with Crippen molar-refractivity contribution in [2.75, 3.05) is 13.2 Å². The Kier molecular flexibility index (Phi) is 5.16. The van der Waals surface area contributed by atoms with Crippen LogP contribution in [0.1, 0.15) is 18.5 Å². The largest absolute Gasteiger partial charge is 0.480 e. The molecule has 1 atom stereocenters. The van der Waals surface area contributed by atoms with Crippen molar-refractivity contribution in [3.63, 3.8) is 0 Å². The van der Waals surface area contributed by atoms with E-state index in [1.165, 1.54) is 0 Å². The maximum absolute atomic E-state index is 11.1. The fourth-order valence-corrected chi connectivity index (χ4v) is 1.39. The number of hydrogen-bond donors (Lipinski definition) is 2. The molecule has 0 spiro atoms. The highest BCUT2D eigenvalue weighted by atomic mass is 16.5. The summed E-state index contributed by atoms with van der Waals surface area (Å²) in [6.07, 6.45) is 0. The van der Waals surface area contributed by atoms with E-state index in [2.05, 4.69) is 5.32 Å². The molecule has 17 heavy (non-hydrogen) atoms. The normalized spacial score (nSPS) is 11.8. The van der Waals surface area contributed by atoms with Gasteiger partial charge >= 0.3 is 11.9 Å². The highest BCUT2D eigenvalue weighted by molar-refractivity contribution is 5.77. The molecular formula is C12H15NO4. The van der Waals surface area contributed by atoms with Crippen LogP contribution in [-0.4, -0.2) is 30.2 Å². The summed E-state index contributed by atoms with van der Waals surface area (Å²) in [6, 6.07) is 7.77. The quantitative estimate of drug-likeness (QED) is 0.721. The van der Waals surface area contributed by atoms with Crippen molar-refractivity contribution in [2.45, 2.75) is 13.0 Å². The van der Waals surface area contributed by atoms with Gasteiger partial charge < -0.3 is 9.84 Å². The summed E-state index contributed by atoms with van der Waals surface area (Å²) < 4.78 is 4.71. The van der Waals surface area contributed by atoms with Crippen molar-refractivity contribution >= 4 is 11.9 Å². The van der Waals surface area contributed by atoms with Gasteiger partial charge in [0.05, 0.1) is 13.2 Å². The third-order valence-electron chi connectivity index (χ3n) is 2.14. The second-order valence-corrected chi connectivity index (χ2v) is 3.37. The standard InChI is InChI=1S/C12H15NO4/c1-2-17-10(14)8-13-11(12(15)16)9-6-4-3-5-7-9/h3-7,11,13H,2,8H2,1H3,(H,15,16). The zero-order valence-corrected chi connectivity index (χ0v) is 9.55. The van der Waals surface area contributed by atoms with Gasteiger partial charge in [-0.05, 0) is 12.5 Å². The van der Waals surface area contributed by atoms with E-state index in [0.717, 1.165) is 0 Å². The highest BCUT2D eigenvalue weighted by Gasteiger charge is 2.19. The first-order valence-electron chi connectivity index (χ1n) is 5.32. The molecule has 0 aliphatic heterocycles. The molecule has 0 aromatic heterocycles. The predicted octanol–water partition coefficient (Wildman–Crippen LogP) is 0.965.